The average molecular weight is 214 g/mol. The van der Waals surface area contributed by atoms with Crippen molar-refractivity contribution in [2.24, 2.45) is 0 Å². The van der Waals surface area contributed by atoms with Gasteiger partial charge in [-0.1, -0.05) is 12.1 Å². The SMILES string of the molecule is COC(=O)C(F)c1cccc(SC)c1. The van der Waals surface area contributed by atoms with Crippen molar-refractivity contribution in [2.45, 2.75) is 11.1 Å². The summed E-state index contributed by atoms with van der Waals surface area (Å²) >= 11 is 1.50. The number of methoxy groups -OCH3 is 1. The van der Waals surface area contributed by atoms with Crippen LogP contribution in [0.25, 0.3) is 0 Å². The van der Waals surface area contributed by atoms with E-state index in [0.717, 1.165) is 4.90 Å². The molecule has 0 bridgehead atoms. The van der Waals surface area contributed by atoms with Crippen molar-refractivity contribution in [3.63, 3.8) is 0 Å². The van der Waals surface area contributed by atoms with Crippen LogP contribution in [0.15, 0.2) is 29.2 Å². The van der Waals surface area contributed by atoms with E-state index in [1.807, 2.05) is 12.3 Å². The van der Waals surface area contributed by atoms with Gasteiger partial charge in [0.25, 0.3) is 0 Å². The predicted octanol–water partition coefficient (Wildman–Crippen LogP) is 2.59. The van der Waals surface area contributed by atoms with E-state index >= 15 is 0 Å². The Kier molecular flexibility index (Phi) is 3.95. The number of ether oxygens (including phenoxy) is 1. The summed E-state index contributed by atoms with van der Waals surface area (Å²) in [7, 11) is 1.17. The lowest BCUT2D eigenvalue weighted by Crippen LogP contribution is -2.09. The molecule has 76 valence electrons. The van der Waals surface area contributed by atoms with Gasteiger partial charge in [-0.2, -0.15) is 0 Å². The first-order valence-corrected chi connectivity index (χ1v) is 5.27. The fourth-order valence-electron chi connectivity index (χ4n) is 1.04. The smallest absolute Gasteiger partial charge is 0.345 e. The van der Waals surface area contributed by atoms with Crippen molar-refractivity contribution in [3.05, 3.63) is 29.8 Å². The molecule has 0 spiro atoms. The van der Waals surface area contributed by atoms with Crippen molar-refractivity contribution >= 4 is 17.7 Å². The maximum Gasteiger partial charge on any atom is 0.345 e. The summed E-state index contributed by atoms with van der Waals surface area (Å²) in [5, 5.41) is 0. The van der Waals surface area contributed by atoms with Gasteiger partial charge >= 0.3 is 5.97 Å². The number of thioether (sulfide) groups is 1. The molecule has 14 heavy (non-hydrogen) atoms. The van der Waals surface area contributed by atoms with Crippen LogP contribution in [0.2, 0.25) is 0 Å². The van der Waals surface area contributed by atoms with E-state index in [9.17, 15) is 9.18 Å². The minimum absolute atomic E-state index is 0.337. The van der Waals surface area contributed by atoms with Crippen LogP contribution < -0.4 is 0 Å². The topological polar surface area (TPSA) is 26.3 Å². The zero-order valence-corrected chi connectivity index (χ0v) is 8.81. The number of esters is 1. The first-order valence-electron chi connectivity index (χ1n) is 4.05. The highest BCUT2D eigenvalue weighted by atomic mass is 32.2. The third-order valence-electron chi connectivity index (χ3n) is 1.79. The molecule has 1 aromatic carbocycles. The molecule has 0 saturated heterocycles. The van der Waals surface area contributed by atoms with Crippen LogP contribution in [0.1, 0.15) is 11.7 Å². The molecule has 2 nitrogen and oxygen atoms in total. The highest BCUT2D eigenvalue weighted by Crippen LogP contribution is 2.23. The largest absolute Gasteiger partial charge is 0.467 e. The van der Waals surface area contributed by atoms with Gasteiger partial charge in [-0.05, 0) is 24.0 Å². The maximum absolute atomic E-state index is 13.4. The Labute approximate surface area is 86.5 Å². The van der Waals surface area contributed by atoms with Gasteiger partial charge in [-0.15, -0.1) is 11.8 Å². The second kappa shape index (κ2) is 5.00. The molecule has 0 aromatic heterocycles. The highest BCUT2D eigenvalue weighted by Gasteiger charge is 2.19. The van der Waals surface area contributed by atoms with Crippen molar-refractivity contribution < 1.29 is 13.9 Å². The molecule has 0 aliphatic rings. The van der Waals surface area contributed by atoms with E-state index in [1.165, 1.54) is 18.9 Å². The molecule has 0 aliphatic carbocycles. The molecule has 4 heteroatoms. The van der Waals surface area contributed by atoms with Gasteiger partial charge in [0.1, 0.15) is 0 Å². The second-order valence-electron chi connectivity index (χ2n) is 2.66. The van der Waals surface area contributed by atoms with Gasteiger partial charge in [0, 0.05) is 4.90 Å². The van der Waals surface area contributed by atoms with Gasteiger partial charge in [-0.25, -0.2) is 9.18 Å². The van der Waals surface area contributed by atoms with Gasteiger partial charge in [0.15, 0.2) is 0 Å². The first kappa shape index (κ1) is 11.0. The monoisotopic (exact) mass is 214 g/mol. The Morgan fingerprint density at radius 3 is 2.86 bits per heavy atom. The molecule has 0 saturated carbocycles. The van der Waals surface area contributed by atoms with E-state index in [4.69, 9.17) is 0 Å². The number of alkyl halides is 1. The van der Waals surface area contributed by atoms with Gasteiger partial charge in [0.2, 0.25) is 6.17 Å². The maximum atomic E-state index is 13.4. The summed E-state index contributed by atoms with van der Waals surface area (Å²) in [4.78, 5) is 11.8. The van der Waals surface area contributed by atoms with Gasteiger partial charge in [0.05, 0.1) is 7.11 Å². The standard InChI is InChI=1S/C10H11FO2S/c1-13-10(12)9(11)7-4-3-5-8(6-7)14-2/h3-6,9H,1-2H3. The van der Waals surface area contributed by atoms with Crippen LogP contribution in [-0.4, -0.2) is 19.3 Å². The molecule has 0 aliphatic heterocycles. The Hall–Kier alpha value is -1.03. The van der Waals surface area contributed by atoms with Crippen molar-refractivity contribution in [1.82, 2.24) is 0 Å². The number of carbonyl (C=O) groups is 1. The highest BCUT2D eigenvalue weighted by molar-refractivity contribution is 7.98. The summed E-state index contributed by atoms with van der Waals surface area (Å²) in [5.74, 6) is -0.858. The molecule has 1 rings (SSSR count). The molecule has 0 heterocycles. The van der Waals surface area contributed by atoms with Crippen molar-refractivity contribution in [3.8, 4) is 0 Å². The van der Waals surface area contributed by atoms with E-state index in [0.29, 0.717) is 5.56 Å². The number of hydrogen-bond acceptors (Lipinski definition) is 3. The average Bonchev–Trinajstić information content (AvgIpc) is 2.27. The van der Waals surface area contributed by atoms with Crippen LogP contribution >= 0.6 is 11.8 Å². The Balaban J connectivity index is 2.89. The lowest BCUT2D eigenvalue weighted by Gasteiger charge is -2.06. The second-order valence-corrected chi connectivity index (χ2v) is 3.54. The quantitative estimate of drug-likeness (QED) is 0.571. The summed E-state index contributed by atoms with van der Waals surface area (Å²) < 4.78 is 17.7. The number of halogens is 1. The van der Waals surface area contributed by atoms with E-state index < -0.39 is 12.1 Å². The predicted molar refractivity (Wildman–Crippen MR) is 54.1 cm³/mol. The Morgan fingerprint density at radius 1 is 1.57 bits per heavy atom. The molecular weight excluding hydrogens is 203 g/mol. The molecule has 0 N–H and O–H groups in total. The summed E-state index contributed by atoms with van der Waals surface area (Å²) in [6.45, 7) is 0. The minimum Gasteiger partial charge on any atom is -0.467 e. The Bertz CT molecular complexity index is 328. The molecule has 1 unspecified atom stereocenters. The summed E-state index contributed by atoms with van der Waals surface area (Å²) in [6, 6.07) is 6.79. The zero-order chi connectivity index (χ0) is 10.6. The van der Waals surface area contributed by atoms with Crippen LogP contribution in [0.4, 0.5) is 4.39 Å². The number of rotatable bonds is 3. The van der Waals surface area contributed by atoms with Gasteiger partial charge < -0.3 is 4.74 Å². The minimum atomic E-state index is -1.69. The summed E-state index contributed by atoms with van der Waals surface area (Å²) in [6.07, 6.45) is 0.205. The number of carbonyl (C=O) groups excluding carboxylic acids is 1. The number of benzene rings is 1. The van der Waals surface area contributed by atoms with E-state index in [-0.39, 0.29) is 0 Å². The van der Waals surface area contributed by atoms with Gasteiger partial charge in [-0.3, -0.25) is 0 Å². The fraction of sp³-hybridized carbons (Fsp3) is 0.300. The summed E-state index contributed by atoms with van der Waals surface area (Å²) in [5.41, 5.74) is 0.337. The number of hydrogen-bond donors (Lipinski definition) is 0. The molecule has 0 fully saturated rings. The molecule has 0 radical (unpaired) electrons. The molecule has 1 aromatic rings. The van der Waals surface area contributed by atoms with E-state index in [2.05, 4.69) is 4.74 Å². The third-order valence-corrected chi connectivity index (χ3v) is 2.52. The first-order chi connectivity index (χ1) is 6.69. The lowest BCUT2D eigenvalue weighted by atomic mass is 10.1. The lowest BCUT2D eigenvalue weighted by molar-refractivity contribution is -0.146. The normalized spacial score (nSPS) is 12.2. The fourth-order valence-corrected chi connectivity index (χ4v) is 1.51. The van der Waals surface area contributed by atoms with Crippen molar-refractivity contribution in [1.29, 1.82) is 0 Å². The zero-order valence-electron chi connectivity index (χ0n) is 7.99. The van der Waals surface area contributed by atoms with Crippen LogP contribution in [-0.2, 0) is 9.53 Å². The van der Waals surface area contributed by atoms with Crippen LogP contribution in [0.3, 0.4) is 0 Å². The molecular formula is C10H11FO2S. The Morgan fingerprint density at radius 2 is 2.29 bits per heavy atom. The van der Waals surface area contributed by atoms with Crippen LogP contribution in [0, 0.1) is 0 Å². The third kappa shape index (κ3) is 2.48. The molecule has 0 amide bonds. The van der Waals surface area contributed by atoms with E-state index in [1.54, 1.807) is 18.2 Å². The molecule has 1 atom stereocenters. The van der Waals surface area contributed by atoms with Crippen LogP contribution in [0.5, 0.6) is 0 Å². The van der Waals surface area contributed by atoms with Crippen molar-refractivity contribution in [2.75, 3.05) is 13.4 Å².